The molecule has 146 valence electrons. The Labute approximate surface area is 167 Å². The van der Waals surface area contributed by atoms with E-state index in [0.717, 1.165) is 5.56 Å². The molecule has 0 bridgehead atoms. The molecular formula is C21H20ClNO5. The molecule has 0 aromatic heterocycles. The molecule has 3 rings (SSSR count). The van der Waals surface area contributed by atoms with Gasteiger partial charge >= 0.3 is 5.97 Å². The minimum atomic E-state index is -0.481. The molecule has 6 nitrogen and oxygen atoms in total. The second-order valence-electron chi connectivity index (χ2n) is 6.47. The zero-order valence-corrected chi connectivity index (χ0v) is 16.1. The van der Waals surface area contributed by atoms with Crippen LogP contribution in [-0.4, -0.2) is 30.9 Å². The van der Waals surface area contributed by atoms with Crippen molar-refractivity contribution >= 4 is 34.9 Å². The molecule has 0 radical (unpaired) electrons. The van der Waals surface area contributed by atoms with Crippen LogP contribution >= 0.6 is 11.6 Å². The van der Waals surface area contributed by atoms with E-state index in [0.29, 0.717) is 34.9 Å². The van der Waals surface area contributed by atoms with Gasteiger partial charge < -0.3 is 14.8 Å². The highest BCUT2D eigenvalue weighted by atomic mass is 35.5. The van der Waals surface area contributed by atoms with Crippen molar-refractivity contribution in [3.8, 4) is 5.75 Å². The van der Waals surface area contributed by atoms with Crippen molar-refractivity contribution in [3.63, 3.8) is 0 Å². The first kappa shape index (κ1) is 19.9. The van der Waals surface area contributed by atoms with Gasteiger partial charge in [-0.1, -0.05) is 18.5 Å². The van der Waals surface area contributed by atoms with Gasteiger partial charge in [-0.05, 0) is 54.4 Å². The van der Waals surface area contributed by atoms with Crippen molar-refractivity contribution in [2.24, 2.45) is 5.92 Å². The molecule has 0 unspecified atom stereocenters. The number of carbonyl (C=O) groups excluding carboxylic acids is 3. The van der Waals surface area contributed by atoms with Gasteiger partial charge in [-0.25, -0.2) is 0 Å². The number of benzene rings is 2. The Balaban J connectivity index is 1.53. The average Bonchev–Trinajstić information content (AvgIpc) is 2.71. The van der Waals surface area contributed by atoms with Gasteiger partial charge in [0.2, 0.25) is 5.91 Å². The maximum atomic E-state index is 12.3. The normalized spacial score (nSPS) is 15.1. The summed E-state index contributed by atoms with van der Waals surface area (Å²) in [6.07, 6.45) is 0.826. The SMILES string of the molecule is CCC(=O)Nc1ccc(C(=O)COC(=O)[C@H]2COc3ccc(Cl)cc3C2)cc1. The van der Waals surface area contributed by atoms with Crippen LogP contribution in [0, 0.1) is 5.92 Å². The van der Waals surface area contributed by atoms with Crippen LogP contribution < -0.4 is 10.1 Å². The fourth-order valence-corrected chi connectivity index (χ4v) is 3.04. The van der Waals surface area contributed by atoms with Gasteiger partial charge in [0.05, 0.1) is 5.92 Å². The molecular weight excluding hydrogens is 382 g/mol. The fourth-order valence-electron chi connectivity index (χ4n) is 2.84. The molecule has 7 heteroatoms. The number of amides is 1. The van der Waals surface area contributed by atoms with E-state index in [1.807, 2.05) is 0 Å². The molecule has 1 heterocycles. The highest BCUT2D eigenvalue weighted by Gasteiger charge is 2.28. The Kier molecular flexibility index (Phi) is 6.31. The summed E-state index contributed by atoms with van der Waals surface area (Å²) in [5, 5.41) is 3.28. The highest BCUT2D eigenvalue weighted by molar-refractivity contribution is 6.30. The lowest BCUT2D eigenvalue weighted by Crippen LogP contribution is -2.31. The molecule has 0 spiro atoms. The zero-order chi connectivity index (χ0) is 20.1. The Morgan fingerprint density at radius 2 is 1.93 bits per heavy atom. The second-order valence-corrected chi connectivity index (χ2v) is 6.91. The van der Waals surface area contributed by atoms with Crippen LogP contribution in [-0.2, 0) is 20.7 Å². The molecule has 28 heavy (non-hydrogen) atoms. The summed E-state index contributed by atoms with van der Waals surface area (Å²) in [6.45, 7) is 1.61. The Morgan fingerprint density at radius 1 is 1.18 bits per heavy atom. The number of halogens is 1. The van der Waals surface area contributed by atoms with Gasteiger partial charge in [-0.15, -0.1) is 0 Å². The summed E-state index contributed by atoms with van der Waals surface area (Å²) in [4.78, 5) is 35.9. The number of esters is 1. The molecule has 1 amide bonds. The number of anilines is 1. The third-order valence-electron chi connectivity index (χ3n) is 4.42. The first-order chi connectivity index (χ1) is 13.5. The van der Waals surface area contributed by atoms with E-state index in [1.54, 1.807) is 49.4 Å². The summed E-state index contributed by atoms with van der Waals surface area (Å²) in [5.74, 6) is -0.677. The topological polar surface area (TPSA) is 81.7 Å². The van der Waals surface area contributed by atoms with E-state index in [4.69, 9.17) is 21.1 Å². The van der Waals surface area contributed by atoms with E-state index >= 15 is 0 Å². The van der Waals surface area contributed by atoms with Crippen LogP contribution in [0.2, 0.25) is 5.02 Å². The lowest BCUT2D eigenvalue weighted by Gasteiger charge is -2.24. The summed E-state index contributed by atoms with van der Waals surface area (Å²) in [5.41, 5.74) is 1.85. The van der Waals surface area contributed by atoms with Gasteiger partial charge in [0.1, 0.15) is 12.4 Å². The largest absolute Gasteiger partial charge is 0.492 e. The molecule has 0 saturated heterocycles. The number of hydrogen-bond donors (Lipinski definition) is 1. The minimum Gasteiger partial charge on any atom is -0.492 e. The van der Waals surface area contributed by atoms with E-state index in [-0.39, 0.29) is 24.9 Å². The van der Waals surface area contributed by atoms with E-state index in [1.165, 1.54) is 0 Å². The van der Waals surface area contributed by atoms with Crippen molar-refractivity contribution in [1.29, 1.82) is 0 Å². The lowest BCUT2D eigenvalue weighted by atomic mass is 9.97. The molecule has 0 saturated carbocycles. The van der Waals surface area contributed by atoms with Gasteiger partial charge in [-0.3, -0.25) is 14.4 Å². The summed E-state index contributed by atoms with van der Waals surface area (Å²) < 4.78 is 10.8. The maximum Gasteiger partial charge on any atom is 0.313 e. The van der Waals surface area contributed by atoms with Crippen LogP contribution in [0.5, 0.6) is 5.75 Å². The molecule has 0 fully saturated rings. The van der Waals surface area contributed by atoms with Gasteiger partial charge in [0, 0.05) is 22.7 Å². The van der Waals surface area contributed by atoms with Gasteiger partial charge in [0.25, 0.3) is 0 Å². The number of nitrogens with one attached hydrogen (secondary N) is 1. The predicted molar refractivity (Wildman–Crippen MR) is 105 cm³/mol. The third kappa shape index (κ3) is 4.89. The number of Topliss-reactive ketones (excluding diaryl/α,β-unsaturated/α-hetero) is 1. The number of ketones is 1. The number of rotatable bonds is 6. The second kappa shape index (κ2) is 8.89. The van der Waals surface area contributed by atoms with E-state index < -0.39 is 11.9 Å². The predicted octanol–water partition coefficient (Wildman–Crippen LogP) is 3.67. The van der Waals surface area contributed by atoms with Gasteiger partial charge in [-0.2, -0.15) is 0 Å². The van der Waals surface area contributed by atoms with Crippen LogP contribution in [0.15, 0.2) is 42.5 Å². The molecule has 0 aliphatic carbocycles. The Bertz CT molecular complexity index is 894. The number of fused-ring (bicyclic) bond motifs is 1. The molecule has 1 aliphatic rings. The molecule has 1 N–H and O–H groups in total. The van der Waals surface area contributed by atoms with E-state index in [9.17, 15) is 14.4 Å². The van der Waals surface area contributed by atoms with Crippen molar-refractivity contribution in [3.05, 3.63) is 58.6 Å². The number of carbonyl (C=O) groups is 3. The average molecular weight is 402 g/mol. The molecule has 1 aliphatic heterocycles. The van der Waals surface area contributed by atoms with Crippen LogP contribution in [0.25, 0.3) is 0 Å². The van der Waals surface area contributed by atoms with Crippen molar-refractivity contribution in [2.75, 3.05) is 18.5 Å². The fraction of sp³-hybridized carbons (Fsp3) is 0.286. The molecule has 1 atom stereocenters. The summed E-state index contributed by atoms with van der Waals surface area (Å²) in [6, 6.07) is 11.7. The van der Waals surface area contributed by atoms with Crippen molar-refractivity contribution in [2.45, 2.75) is 19.8 Å². The third-order valence-corrected chi connectivity index (χ3v) is 4.65. The van der Waals surface area contributed by atoms with Crippen molar-refractivity contribution < 1.29 is 23.9 Å². The summed E-state index contributed by atoms with van der Waals surface area (Å²) >= 11 is 5.98. The van der Waals surface area contributed by atoms with Crippen molar-refractivity contribution in [1.82, 2.24) is 0 Å². The van der Waals surface area contributed by atoms with Crippen LogP contribution in [0.1, 0.15) is 29.3 Å². The van der Waals surface area contributed by atoms with E-state index in [2.05, 4.69) is 5.32 Å². The Hall–Kier alpha value is -2.86. The lowest BCUT2D eigenvalue weighted by molar-refractivity contribution is -0.148. The maximum absolute atomic E-state index is 12.3. The standard InChI is InChI=1S/C21H20ClNO5/c1-2-20(25)23-17-6-3-13(4-7-17)18(24)12-28-21(26)15-9-14-10-16(22)5-8-19(14)27-11-15/h3-8,10,15H,2,9,11-12H2,1H3,(H,23,25)/t15-/m1/s1. The first-order valence-electron chi connectivity index (χ1n) is 8.97. The monoisotopic (exact) mass is 401 g/mol. The smallest absolute Gasteiger partial charge is 0.313 e. The molecule has 2 aromatic carbocycles. The minimum absolute atomic E-state index is 0.106. The number of hydrogen-bond acceptors (Lipinski definition) is 5. The zero-order valence-electron chi connectivity index (χ0n) is 15.4. The number of ether oxygens (including phenoxy) is 2. The summed E-state index contributed by atoms with van der Waals surface area (Å²) in [7, 11) is 0. The van der Waals surface area contributed by atoms with Crippen LogP contribution in [0.3, 0.4) is 0 Å². The highest BCUT2D eigenvalue weighted by Crippen LogP contribution is 2.30. The van der Waals surface area contributed by atoms with Gasteiger partial charge in [0.15, 0.2) is 12.4 Å². The quantitative estimate of drug-likeness (QED) is 0.590. The first-order valence-corrected chi connectivity index (χ1v) is 9.35. The van der Waals surface area contributed by atoms with Crippen LogP contribution in [0.4, 0.5) is 5.69 Å². The Morgan fingerprint density at radius 3 is 2.64 bits per heavy atom. The molecule has 2 aromatic rings.